The molecular weight excluding hydrogens is 306 g/mol. The molecule has 0 saturated carbocycles. The van der Waals surface area contributed by atoms with Crippen LogP contribution in [0.2, 0.25) is 0 Å². The van der Waals surface area contributed by atoms with Crippen molar-refractivity contribution in [2.75, 3.05) is 20.2 Å². The minimum atomic E-state index is -0.0961. The molecule has 6 heteroatoms. The molecule has 6 nitrogen and oxygen atoms in total. The number of piperidine rings is 1. The summed E-state index contributed by atoms with van der Waals surface area (Å²) in [5.74, 6) is 1.14. The molecule has 1 aliphatic rings. The van der Waals surface area contributed by atoms with Gasteiger partial charge in [0.15, 0.2) is 6.04 Å². The van der Waals surface area contributed by atoms with E-state index in [1.165, 1.54) is 12.0 Å². The molecule has 1 aromatic heterocycles. The van der Waals surface area contributed by atoms with Crippen LogP contribution < -0.4 is 4.90 Å². The zero-order chi connectivity index (χ0) is 17.1. The second-order valence-electron chi connectivity index (χ2n) is 6.49. The Morgan fingerprint density at radius 2 is 2.08 bits per heavy atom. The van der Waals surface area contributed by atoms with E-state index in [4.69, 9.17) is 9.15 Å². The third-order valence-electron chi connectivity index (χ3n) is 4.85. The number of methoxy groups -OCH3 is 1. The maximum Gasteiger partial charge on any atom is 0.309 e. The predicted molar refractivity (Wildman–Crippen MR) is 88.3 cm³/mol. The number of hydrogen-bond acceptors (Lipinski definition) is 5. The summed E-state index contributed by atoms with van der Waals surface area (Å²) in [6, 6.07) is 8.16. The van der Waals surface area contributed by atoms with Gasteiger partial charge in [0.25, 0.3) is 5.89 Å². The number of nitrogens with zero attached hydrogens (tertiary/aromatic N) is 2. The molecule has 1 aromatic carbocycles. The molecule has 0 aliphatic carbocycles. The molecule has 1 atom stereocenters. The molecular formula is C18H24N3O3+. The third kappa shape index (κ3) is 3.48. The Morgan fingerprint density at radius 3 is 2.75 bits per heavy atom. The molecule has 1 fully saturated rings. The summed E-state index contributed by atoms with van der Waals surface area (Å²) < 4.78 is 10.7. The van der Waals surface area contributed by atoms with Crippen LogP contribution in [0, 0.1) is 12.8 Å². The zero-order valence-electron chi connectivity index (χ0n) is 14.4. The van der Waals surface area contributed by atoms with Crippen LogP contribution in [0.5, 0.6) is 0 Å². The molecule has 1 saturated heterocycles. The van der Waals surface area contributed by atoms with E-state index < -0.39 is 0 Å². The van der Waals surface area contributed by atoms with Crippen molar-refractivity contribution in [3.05, 3.63) is 35.7 Å². The lowest BCUT2D eigenvalue weighted by Crippen LogP contribution is -3.13. The molecule has 0 radical (unpaired) electrons. The molecule has 0 spiro atoms. The molecule has 2 aromatic rings. The molecule has 2 heterocycles. The van der Waals surface area contributed by atoms with Crippen LogP contribution in [0.15, 0.2) is 28.7 Å². The lowest BCUT2D eigenvalue weighted by Gasteiger charge is -2.30. The van der Waals surface area contributed by atoms with Gasteiger partial charge in [-0.2, -0.15) is 0 Å². The van der Waals surface area contributed by atoms with Crippen molar-refractivity contribution in [2.45, 2.75) is 32.7 Å². The van der Waals surface area contributed by atoms with Crippen molar-refractivity contribution >= 4 is 5.97 Å². The quantitative estimate of drug-likeness (QED) is 0.862. The van der Waals surface area contributed by atoms with Crippen LogP contribution in [0.3, 0.4) is 0 Å². The average Bonchev–Trinajstić information content (AvgIpc) is 3.10. The summed E-state index contributed by atoms with van der Waals surface area (Å²) >= 11 is 0. The van der Waals surface area contributed by atoms with E-state index in [0.29, 0.717) is 11.8 Å². The monoisotopic (exact) mass is 330 g/mol. The van der Waals surface area contributed by atoms with Gasteiger partial charge in [-0.15, -0.1) is 10.2 Å². The highest BCUT2D eigenvalue weighted by molar-refractivity contribution is 5.72. The lowest BCUT2D eigenvalue weighted by atomic mass is 9.96. The Kier molecular flexibility index (Phi) is 4.94. The maximum atomic E-state index is 11.6. The van der Waals surface area contributed by atoms with Crippen molar-refractivity contribution in [1.82, 2.24) is 10.2 Å². The van der Waals surface area contributed by atoms with Gasteiger partial charge in [-0.1, -0.05) is 17.7 Å². The number of carbonyl (C=O) groups excluding carboxylic acids is 1. The standard InChI is InChI=1S/C18H23N3O3/c1-12-5-4-6-15(11-12)17-20-19-16(24-17)13(2)21-9-7-14(8-10-21)18(22)23-3/h4-6,11,13-14H,7-10H2,1-3H3/p+1/t13-/m0/s1. The van der Waals surface area contributed by atoms with Crippen molar-refractivity contribution in [2.24, 2.45) is 5.92 Å². The van der Waals surface area contributed by atoms with Gasteiger partial charge in [-0.25, -0.2) is 0 Å². The van der Waals surface area contributed by atoms with Crippen LogP contribution in [0.25, 0.3) is 11.5 Å². The molecule has 0 unspecified atom stereocenters. The number of quaternary nitrogens is 1. The average molecular weight is 330 g/mol. The molecule has 1 aliphatic heterocycles. The number of likely N-dealkylation sites (tertiary alicyclic amines) is 1. The summed E-state index contributed by atoms with van der Waals surface area (Å²) in [7, 11) is 1.45. The van der Waals surface area contributed by atoms with E-state index in [1.807, 2.05) is 31.2 Å². The Morgan fingerprint density at radius 1 is 1.33 bits per heavy atom. The number of ether oxygens (including phenoxy) is 1. The highest BCUT2D eigenvalue weighted by Crippen LogP contribution is 2.21. The molecule has 128 valence electrons. The largest absolute Gasteiger partial charge is 0.469 e. The van der Waals surface area contributed by atoms with Crippen LogP contribution in [-0.2, 0) is 9.53 Å². The summed E-state index contributed by atoms with van der Waals surface area (Å²) in [4.78, 5) is 13.0. The van der Waals surface area contributed by atoms with Gasteiger partial charge in [0.05, 0.1) is 26.1 Å². The first-order chi connectivity index (χ1) is 11.6. The molecule has 0 amide bonds. The van der Waals surface area contributed by atoms with Crippen LogP contribution >= 0.6 is 0 Å². The van der Waals surface area contributed by atoms with E-state index in [1.54, 1.807) is 0 Å². The summed E-state index contributed by atoms with van der Waals surface area (Å²) in [6.07, 6.45) is 1.68. The normalized spacial score (nSPS) is 22.1. The third-order valence-corrected chi connectivity index (χ3v) is 4.85. The van der Waals surface area contributed by atoms with E-state index >= 15 is 0 Å². The Hall–Kier alpha value is -2.21. The number of aromatic nitrogens is 2. The zero-order valence-corrected chi connectivity index (χ0v) is 14.4. The van der Waals surface area contributed by atoms with E-state index in [9.17, 15) is 4.79 Å². The molecule has 0 bridgehead atoms. The van der Waals surface area contributed by atoms with E-state index in [-0.39, 0.29) is 17.9 Å². The number of esters is 1. The second-order valence-corrected chi connectivity index (χ2v) is 6.49. The first-order valence-corrected chi connectivity index (χ1v) is 8.41. The first kappa shape index (κ1) is 16.6. The van der Waals surface area contributed by atoms with Gasteiger partial charge >= 0.3 is 5.97 Å². The number of nitrogens with one attached hydrogen (secondary N) is 1. The predicted octanol–water partition coefficient (Wildman–Crippen LogP) is 1.57. The number of hydrogen-bond donors (Lipinski definition) is 1. The minimum Gasteiger partial charge on any atom is -0.469 e. The molecule has 3 rings (SSSR count). The summed E-state index contributed by atoms with van der Waals surface area (Å²) in [6.45, 7) is 5.95. The number of rotatable bonds is 4. The number of benzene rings is 1. The van der Waals surface area contributed by atoms with Crippen molar-refractivity contribution in [1.29, 1.82) is 0 Å². The first-order valence-electron chi connectivity index (χ1n) is 8.41. The van der Waals surface area contributed by atoms with E-state index in [2.05, 4.69) is 17.1 Å². The smallest absolute Gasteiger partial charge is 0.309 e. The maximum absolute atomic E-state index is 11.6. The van der Waals surface area contributed by atoms with E-state index in [0.717, 1.165) is 37.1 Å². The fourth-order valence-electron chi connectivity index (χ4n) is 3.30. The Balaban J connectivity index is 1.66. The topological polar surface area (TPSA) is 69.7 Å². The second kappa shape index (κ2) is 7.13. The fraction of sp³-hybridized carbons (Fsp3) is 0.500. The van der Waals surface area contributed by atoms with Gasteiger partial charge in [-0.3, -0.25) is 4.79 Å². The van der Waals surface area contributed by atoms with Crippen LogP contribution in [0.1, 0.15) is 37.3 Å². The van der Waals surface area contributed by atoms with Crippen molar-refractivity contribution in [3.63, 3.8) is 0 Å². The van der Waals surface area contributed by atoms with Gasteiger partial charge in [0.2, 0.25) is 5.89 Å². The van der Waals surface area contributed by atoms with Gasteiger partial charge < -0.3 is 14.1 Å². The van der Waals surface area contributed by atoms with Gasteiger partial charge in [0, 0.05) is 18.4 Å². The number of carbonyl (C=O) groups is 1. The highest BCUT2D eigenvalue weighted by atomic mass is 16.5. The number of aryl methyl sites for hydroxylation is 1. The lowest BCUT2D eigenvalue weighted by molar-refractivity contribution is -0.936. The molecule has 24 heavy (non-hydrogen) atoms. The van der Waals surface area contributed by atoms with Gasteiger partial charge in [0.1, 0.15) is 0 Å². The minimum absolute atomic E-state index is 0.0245. The van der Waals surface area contributed by atoms with Crippen molar-refractivity contribution in [3.8, 4) is 11.5 Å². The van der Waals surface area contributed by atoms with Crippen LogP contribution in [0.4, 0.5) is 0 Å². The van der Waals surface area contributed by atoms with Gasteiger partial charge in [-0.05, 0) is 26.0 Å². The summed E-state index contributed by atoms with van der Waals surface area (Å²) in [5, 5.41) is 8.43. The van der Waals surface area contributed by atoms with Crippen molar-refractivity contribution < 1.29 is 18.8 Å². The van der Waals surface area contributed by atoms with Crippen LogP contribution in [-0.4, -0.2) is 36.4 Å². The fourth-order valence-corrected chi connectivity index (χ4v) is 3.30. The SMILES string of the molecule is COC(=O)C1CC[NH+]([C@@H](C)c2nnc(-c3cccc(C)c3)o2)CC1. The molecule has 1 N–H and O–H groups in total. The summed E-state index contributed by atoms with van der Waals surface area (Å²) in [5.41, 5.74) is 2.11. The Labute approximate surface area is 141 Å². The Bertz CT molecular complexity index is 705. The highest BCUT2D eigenvalue weighted by Gasteiger charge is 2.33.